The lowest BCUT2D eigenvalue weighted by Crippen LogP contribution is -1.98. The number of anilines is 2. The van der Waals surface area contributed by atoms with Gasteiger partial charge in [-0.2, -0.15) is 15.1 Å². The fourth-order valence-electron chi connectivity index (χ4n) is 3.49. The fourth-order valence-corrected chi connectivity index (χ4v) is 3.49. The molecule has 0 bridgehead atoms. The van der Waals surface area contributed by atoms with Crippen LogP contribution in [0.2, 0.25) is 0 Å². The highest BCUT2D eigenvalue weighted by atomic mass is 15.3. The molecule has 3 heterocycles. The number of fused-ring (bicyclic) bond motifs is 2. The lowest BCUT2D eigenvalue weighted by atomic mass is 10.0. The molecule has 2 N–H and O–H groups in total. The van der Waals surface area contributed by atoms with E-state index in [-0.39, 0.29) is 0 Å². The molecule has 1 aromatic carbocycles. The third-order valence-electron chi connectivity index (χ3n) is 4.78. The Bertz CT molecular complexity index is 1140. The van der Waals surface area contributed by atoms with Crippen molar-refractivity contribution in [2.75, 3.05) is 5.32 Å². The molecule has 134 valence electrons. The molecule has 4 aromatic rings. The Morgan fingerprint density at radius 1 is 1.30 bits per heavy atom. The van der Waals surface area contributed by atoms with Crippen LogP contribution in [0.1, 0.15) is 23.5 Å². The number of nitrogens with one attached hydrogen (secondary N) is 2. The molecule has 0 saturated heterocycles. The number of rotatable bonds is 4. The summed E-state index contributed by atoms with van der Waals surface area (Å²) in [5.41, 5.74) is 4.88. The predicted molar refractivity (Wildman–Crippen MR) is 104 cm³/mol. The SMILES string of the molecule is Cn1cc(Nc2nc(/N=C/C3CCc4ccccc43)c3nc[nH]c3n2)cn1. The standard InChI is InChI=1S/C19H18N8/c1-27-10-14(9-23-27)24-19-25-17(16-18(26-19)22-11-21-16)20-8-13-7-6-12-4-2-3-5-15(12)13/h2-5,8-11,13H,6-7H2,1H3,(H2,21,22,24,25,26)/b20-8+. The summed E-state index contributed by atoms with van der Waals surface area (Å²) in [7, 11) is 1.86. The first-order valence-corrected chi connectivity index (χ1v) is 8.85. The van der Waals surface area contributed by atoms with Gasteiger partial charge in [-0.25, -0.2) is 9.98 Å². The highest BCUT2D eigenvalue weighted by Crippen LogP contribution is 2.32. The molecule has 1 unspecified atom stereocenters. The molecule has 0 amide bonds. The molecule has 8 nitrogen and oxygen atoms in total. The van der Waals surface area contributed by atoms with E-state index < -0.39 is 0 Å². The van der Waals surface area contributed by atoms with E-state index in [0.717, 1.165) is 18.5 Å². The van der Waals surface area contributed by atoms with E-state index in [1.807, 2.05) is 19.5 Å². The van der Waals surface area contributed by atoms with Crippen molar-refractivity contribution in [2.45, 2.75) is 18.8 Å². The van der Waals surface area contributed by atoms with Gasteiger partial charge in [0.05, 0.1) is 18.2 Å². The third-order valence-corrected chi connectivity index (χ3v) is 4.78. The molecule has 8 heteroatoms. The van der Waals surface area contributed by atoms with E-state index in [1.54, 1.807) is 17.2 Å². The van der Waals surface area contributed by atoms with Gasteiger partial charge in [0, 0.05) is 25.4 Å². The van der Waals surface area contributed by atoms with Crippen molar-refractivity contribution in [3.8, 4) is 0 Å². The summed E-state index contributed by atoms with van der Waals surface area (Å²) < 4.78 is 1.72. The second-order valence-corrected chi connectivity index (χ2v) is 6.62. The Kier molecular flexibility index (Phi) is 3.67. The Labute approximate surface area is 155 Å². The molecule has 5 rings (SSSR count). The van der Waals surface area contributed by atoms with Crippen LogP contribution in [0.15, 0.2) is 48.0 Å². The Hall–Kier alpha value is -3.55. The minimum atomic E-state index is 0.305. The van der Waals surface area contributed by atoms with Crippen LogP contribution in [0.4, 0.5) is 17.5 Å². The van der Waals surface area contributed by atoms with Crippen molar-refractivity contribution < 1.29 is 0 Å². The van der Waals surface area contributed by atoms with Crippen LogP contribution < -0.4 is 5.32 Å². The highest BCUT2D eigenvalue weighted by Gasteiger charge is 2.20. The van der Waals surface area contributed by atoms with Crippen molar-refractivity contribution in [2.24, 2.45) is 12.0 Å². The molecule has 0 radical (unpaired) electrons. The number of aliphatic imine (C=N–C) groups is 1. The van der Waals surface area contributed by atoms with Crippen molar-refractivity contribution in [3.05, 3.63) is 54.1 Å². The third kappa shape index (κ3) is 2.95. The number of aryl methyl sites for hydroxylation is 2. The Morgan fingerprint density at radius 3 is 3.11 bits per heavy atom. The molecule has 0 aliphatic heterocycles. The number of hydrogen-bond donors (Lipinski definition) is 2. The van der Waals surface area contributed by atoms with Crippen molar-refractivity contribution in [3.63, 3.8) is 0 Å². The zero-order valence-electron chi connectivity index (χ0n) is 14.8. The first kappa shape index (κ1) is 15.7. The molecule has 0 spiro atoms. The summed E-state index contributed by atoms with van der Waals surface area (Å²) in [6.45, 7) is 0. The zero-order valence-corrected chi connectivity index (χ0v) is 14.8. The van der Waals surface area contributed by atoms with Gasteiger partial charge in [0.25, 0.3) is 0 Å². The summed E-state index contributed by atoms with van der Waals surface area (Å²) >= 11 is 0. The molecular formula is C19H18N8. The van der Waals surface area contributed by atoms with Crippen LogP contribution in [0.25, 0.3) is 11.2 Å². The molecule has 1 aliphatic carbocycles. The fraction of sp³-hybridized carbons (Fsp3) is 0.211. The first-order chi connectivity index (χ1) is 13.3. The number of benzene rings is 1. The van der Waals surface area contributed by atoms with E-state index in [1.165, 1.54) is 11.1 Å². The smallest absolute Gasteiger partial charge is 0.231 e. The summed E-state index contributed by atoms with van der Waals surface area (Å²) in [6, 6.07) is 8.54. The van der Waals surface area contributed by atoms with Gasteiger partial charge in [-0.1, -0.05) is 24.3 Å². The maximum absolute atomic E-state index is 4.68. The summed E-state index contributed by atoms with van der Waals surface area (Å²) in [4.78, 5) is 21.1. The van der Waals surface area contributed by atoms with Crippen LogP contribution in [-0.2, 0) is 13.5 Å². The molecule has 0 saturated carbocycles. The summed E-state index contributed by atoms with van der Waals surface area (Å²) in [6.07, 6.45) is 9.33. The summed E-state index contributed by atoms with van der Waals surface area (Å²) in [5, 5.41) is 7.31. The maximum atomic E-state index is 4.68. The topological polar surface area (TPSA) is 96.7 Å². The second-order valence-electron chi connectivity index (χ2n) is 6.62. The van der Waals surface area contributed by atoms with Gasteiger partial charge in [-0.15, -0.1) is 0 Å². The number of hydrogen-bond acceptors (Lipinski definition) is 6. The van der Waals surface area contributed by atoms with Crippen LogP contribution in [0.5, 0.6) is 0 Å². The minimum absolute atomic E-state index is 0.305. The number of imidazole rings is 1. The van der Waals surface area contributed by atoms with Gasteiger partial charge < -0.3 is 10.3 Å². The van der Waals surface area contributed by atoms with Crippen LogP contribution in [0.3, 0.4) is 0 Å². The highest BCUT2D eigenvalue weighted by molar-refractivity contribution is 5.85. The second kappa shape index (κ2) is 6.31. The maximum Gasteiger partial charge on any atom is 0.231 e. The number of H-pyrrole nitrogens is 1. The lowest BCUT2D eigenvalue weighted by molar-refractivity contribution is 0.768. The van der Waals surface area contributed by atoms with Gasteiger partial charge >= 0.3 is 0 Å². The van der Waals surface area contributed by atoms with Gasteiger partial charge in [0.15, 0.2) is 17.0 Å². The van der Waals surface area contributed by atoms with Crippen LogP contribution in [0, 0.1) is 0 Å². The van der Waals surface area contributed by atoms with Crippen molar-refractivity contribution in [1.82, 2.24) is 29.7 Å². The molecule has 27 heavy (non-hydrogen) atoms. The molecule has 1 aliphatic rings. The van der Waals surface area contributed by atoms with E-state index >= 15 is 0 Å². The Morgan fingerprint density at radius 2 is 2.22 bits per heavy atom. The number of nitrogens with zero attached hydrogens (tertiary/aromatic N) is 6. The normalized spacial score (nSPS) is 16.3. The largest absolute Gasteiger partial charge is 0.329 e. The van der Waals surface area contributed by atoms with Crippen LogP contribution in [-0.4, -0.2) is 35.9 Å². The molecule has 0 fully saturated rings. The van der Waals surface area contributed by atoms with Gasteiger partial charge in [0.1, 0.15) is 0 Å². The van der Waals surface area contributed by atoms with Gasteiger partial charge in [0.2, 0.25) is 5.95 Å². The van der Waals surface area contributed by atoms with Crippen molar-refractivity contribution >= 4 is 34.8 Å². The average Bonchev–Trinajstić information content (AvgIpc) is 3.40. The van der Waals surface area contributed by atoms with Gasteiger partial charge in [-0.05, 0) is 24.0 Å². The van der Waals surface area contributed by atoms with Crippen LogP contribution >= 0.6 is 0 Å². The van der Waals surface area contributed by atoms with E-state index in [4.69, 9.17) is 0 Å². The van der Waals surface area contributed by atoms with Gasteiger partial charge in [-0.3, -0.25) is 4.68 Å². The van der Waals surface area contributed by atoms with E-state index in [0.29, 0.717) is 28.8 Å². The van der Waals surface area contributed by atoms with E-state index in [2.05, 4.69) is 59.6 Å². The predicted octanol–water partition coefficient (Wildman–Crippen LogP) is 3.26. The summed E-state index contributed by atoms with van der Waals surface area (Å²) in [5.74, 6) is 1.32. The average molecular weight is 358 g/mol. The molecular weight excluding hydrogens is 340 g/mol. The molecule has 3 aromatic heterocycles. The van der Waals surface area contributed by atoms with E-state index in [9.17, 15) is 0 Å². The van der Waals surface area contributed by atoms with Crippen molar-refractivity contribution in [1.29, 1.82) is 0 Å². The monoisotopic (exact) mass is 358 g/mol. The quantitative estimate of drug-likeness (QED) is 0.546. The Balaban J connectivity index is 1.48. The minimum Gasteiger partial charge on any atom is -0.329 e. The number of aromatic nitrogens is 6. The lowest BCUT2D eigenvalue weighted by Gasteiger charge is -2.06. The zero-order chi connectivity index (χ0) is 18.2. The number of aromatic amines is 1. The molecule has 1 atom stereocenters. The first-order valence-electron chi connectivity index (χ1n) is 8.85.